The molecule has 0 fully saturated rings. The van der Waals surface area contributed by atoms with Gasteiger partial charge in [-0.3, -0.25) is 4.79 Å². The van der Waals surface area contributed by atoms with Gasteiger partial charge in [0.15, 0.2) is 0 Å². The molecule has 2 rings (SSSR count). The number of ether oxygens (including phenoxy) is 2. The summed E-state index contributed by atoms with van der Waals surface area (Å²) in [7, 11) is 1.61. The smallest absolute Gasteiger partial charge is 0.259 e. The summed E-state index contributed by atoms with van der Waals surface area (Å²) in [4.78, 5) is 12.5. The van der Waals surface area contributed by atoms with Gasteiger partial charge >= 0.3 is 0 Å². The summed E-state index contributed by atoms with van der Waals surface area (Å²) in [5, 5.41) is 2.87. The molecule has 0 spiro atoms. The van der Waals surface area contributed by atoms with Crippen molar-refractivity contribution in [3.05, 3.63) is 54.1 Å². The van der Waals surface area contributed by atoms with Crippen molar-refractivity contribution in [3.63, 3.8) is 0 Å². The lowest BCUT2D eigenvalue weighted by Gasteiger charge is -2.12. The van der Waals surface area contributed by atoms with E-state index in [1.807, 2.05) is 18.2 Å². The fourth-order valence-electron chi connectivity index (χ4n) is 2.06. The van der Waals surface area contributed by atoms with Crippen molar-refractivity contribution < 1.29 is 14.3 Å². The number of rotatable bonds is 7. The first-order valence-electron chi connectivity index (χ1n) is 7.77. The number of anilines is 1. The molecule has 1 N–H and O–H groups in total. The van der Waals surface area contributed by atoms with Crippen molar-refractivity contribution >= 4 is 11.6 Å². The predicted molar refractivity (Wildman–Crippen MR) is 92.3 cm³/mol. The fourth-order valence-corrected chi connectivity index (χ4v) is 2.06. The van der Waals surface area contributed by atoms with Gasteiger partial charge in [0.25, 0.3) is 5.91 Å². The summed E-state index contributed by atoms with van der Waals surface area (Å²) in [6.45, 7) is 4.89. The molecule has 4 heteroatoms. The molecule has 0 aromatic heterocycles. The lowest BCUT2D eigenvalue weighted by Crippen LogP contribution is -2.14. The summed E-state index contributed by atoms with van der Waals surface area (Å²) >= 11 is 0. The molecule has 0 bridgehead atoms. The third kappa shape index (κ3) is 5.02. The van der Waals surface area contributed by atoms with Crippen LogP contribution in [0.4, 0.5) is 5.69 Å². The Kier molecular flexibility index (Phi) is 6.03. The largest absolute Gasteiger partial charge is 0.497 e. The average Bonchev–Trinajstić information content (AvgIpc) is 2.55. The van der Waals surface area contributed by atoms with Crippen molar-refractivity contribution in [1.82, 2.24) is 0 Å². The van der Waals surface area contributed by atoms with E-state index >= 15 is 0 Å². The second kappa shape index (κ2) is 8.22. The number of nitrogens with one attached hydrogen (secondary N) is 1. The maximum absolute atomic E-state index is 12.5. The Labute approximate surface area is 137 Å². The van der Waals surface area contributed by atoms with E-state index in [4.69, 9.17) is 9.47 Å². The number of hydrogen-bond donors (Lipinski definition) is 1. The van der Waals surface area contributed by atoms with Crippen molar-refractivity contribution in [1.29, 1.82) is 0 Å². The summed E-state index contributed by atoms with van der Waals surface area (Å²) in [6.07, 6.45) is 0.953. The van der Waals surface area contributed by atoms with Gasteiger partial charge in [0, 0.05) is 5.69 Å². The molecule has 23 heavy (non-hydrogen) atoms. The minimum atomic E-state index is -0.185. The van der Waals surface area contributed by atoms with Gasteiger partial charge in [0.1, 0.15) is 11.5 Å². The maximum atomic E-state index is 12.5. The summed E-state index contributed by atoms with van der Waals surface area (Å²) in [6, 6.07) is 14.5. The van der Waals surface area contributed by atoms with Gasteiger partial charge in [-0.05, 0) is 48.7 Å². The van der Waals surface area contributed by atoms with Gasteiger partial charge in [0.05, 0.1) is 19.3 Å². The third-order valence-corrected chi connectivity index (χ3v) is 3.43. The quantitative estimate of drug-likeness (QED) is 0.825. The predicted octanol–water partition coefficient (Wildman–Crippen LogP) is 4.37. The molecule has 0 unspecified atom stereocenters. The molecule has 2 aromatic carbocycles. The molecule has 1 amide bonds. The number of para-hydroxylation sites is 1. The topological polar surface area (TPSA) is 47.6 Å². The van der Waals surface area contributed by atoms with E-state index in [1.165, 1.54) is 0 Å². The zero-order chi connectivity index (χ0) is 16.7. The molecular weight excluding hydrogens is 290 g/mol. The third-order valence-electron chi connectivity index (χ3n) is 3.43. The molecule has 0 saturated carbocycles. The first-order valence-corrected chi connectivity index (χ1v) is 7.77. The van der Waals surface area contributed by atoms with E-state index in [0.717, 1.165) is 12.2 Å². The second-order valence-corrected chi connectivity index (χ2v) is 5.71. The molecule has 2 aromatic rings. The van der Waals surface area contributed by atoms with Crippen LogP contribution in [0.1, 0.15) is 30.6 Å². The monoisotopic (exact) mass is 313 g/mol. The first kappa shape index (κ1) is 16.9. The molecule has 0 aliphatic heterocycles. The fraction of sp³-hybridized carbons (Fsp3) is 0.316. The summed E-state index contributed by atoms with van der Waals surface area (Å²) in [5.41, 5.74) is 1.25. The van der Waals surface area contributed by atoms with Crippen LogP contribution in [0.15, 0.2) is 48.5 Å². The number of hydrogen-bond acceptors (Lipinski definition) is 3. The van der Waals surface area contributed by atoms with Gasteiger partial charge in [-0.1, -0.05) is 26.0 Å². The lowest BCUT2D eigenvalue weighted by atomic mass is 10.1. The number of carbonyl (C=O) groups is 1. The standard InChI is InChI=1S/C19H23NO3/c1-14(2)12-13-23-18-7-5-4-6-17(18)19(21)20-15-8-10-16(22-3)11-9-15/h4-11,14H,12-13H2,1-3H3,(H,20,21). The number of amides is 1. The molecule has 0 radical (unpaired) electrons. The highest BCUT2D eigenvalue weighted by Gasteiger charge is 2.12. The molecule has 0 aliphatic carbocycles. The van der Waals surface area contributed by atoms with Crippen molar-refractivity contribution in [2.45, 2.75) is 20.3 Å². The Balaban J connectivity index is 2.05. The van der Waals surface area contributed by atoms with Gasteiger partial charge in [-0.25, -0.2) is 0 Å². The van der Waals surface area contributed by atoms with E-state index in [1.54, 1.807) is 37.4 Å². The lowest BCUT2D eigenvalue weighted by molar-refractivity contribution is 0.102. The first-order chi connectivity index (χ1) is 11.1. The van der Waals surface area contributed by atoms with Crippen molar-refractivity contribution in [2.75, 3.05) is 19.0 Å². The van der Waals surface area contributed by atoms with Crippen molar-refractivity contribution in [3.8, 4) is 11.5 Å². The van der Waals surface area contributed by atoms with Crippen LogP contribution in [0, 0.1) is 5.92 Å². The number of carbonyl (C=O) groups excluding carboxylic acids is 1. The average molecular weight is 313 g/mol. The molecule has 0 saturated heterocycles. The Morgan fingerprint density at radius 1 is 1.09 bits per heavy atom. The zero-order valence-electron chi connectivity index (χ0n) is 13.8. The van der Waals surface area contributed by atoms with Crippen molar-refractivity contribution in [2.24, 2.45) is 5.92 Å². The van der Waals surface area contributed by atoms with Crippen LogP contribution in [-0.2, 0) is 0 Å². The second-order valence-electron chi connectivity index (χ2n) is 5.71. The Bertz CT molecular complexity index is 635. The number of benzene rings is 2. The van der Waals surface area contributed by atoms with E-state index in [-0.39, 0.29) is 5.91 Å². The molecule has 0 atom stereocenters. The molecular formula is C19H23NO3. The van der Waals surface area contributed by atoms with Gasteiger partial charge in [0.2, 0.25) is 0 Å². The van der Waals surface area contributed by atoms with Crippen LogP contribution in [0.2, 0.25) is 0 Å². The molecule has 0 aliphatic rings. The van der Waals surface area contributed by atoms with Crippen LogP contribution in [-0.4, -0.2) is 19.6 Å². The van der Waals surface area contributed by atoms with E-state index in [0.29, 0.717) is 29.5 Å². The summed E-state index contributed by atoms with van der Waals surface area (Å²) in [5.74, 6) is 1.74. The highest BCUT2D eigenvalue weighted by atomic mass is 16.5. The van der Waals surface area contributed by atoms with Gasteiger partial charge < -0.3 is 14.8 Å². The van der Waals surface area contributed by atoms with E-state index < -0.39 is 0 Å². The molecule has 122 valence electrons. The van der Waals surface area contributed by atoms with Gasteiger partial charge in [-0.15, -0.1) is 0 Å². The SMILES string of the molecule is COc1ccc(NC(=O)c2ccccc2OCCC(C)C)cc1. The zero-order valence-corrected chi connectivity index (χ0v) is 13.8. The highest BCUT2D eigenvalue weighted by Crippen LogP contribution is 2.21. The Morgan fingerprint density at radius 3 is 2.43 bits per heavy atom. The summed E-state index contributed by atoms with van der Waals surface area (Å²) < 4.78 is 10.9. The minimum Gasteiger partial charge on any atom is -0.497 e. The van der Waals surface area contributed by atoms with Crippen LogP contribution < -0.4 is 14.8 Å². The Hall–Kier alpha value is -2.49. The minimum absolute atomic E-state index is 0.185. The maximum Gasteiger partial charge on any atom is 0.259 e. The number of methoxy groups -OCH3 is 1. The van der Waals surface area contributed by atoms with Crippen LogP contribution >= 0.6 is 0 Å². The van der Waals surface area contributed by atoms with Crippen LogP contribution in [0.25, 0.3) is 0 Å². The van der Waals surface area contributed by atoms with Crippen LogP contribution in [0.3, 0.4) is 0 Å². The molecule has 4 nitrogen and oxygen atoms in total. The van der Waals surface area contributed by atoms with Gasteiger partial charge in [-0.2, -0.15) is 0 Å². The Morgan fingerprint density at radius 2 is 1.78 bits per heavy atom. The van der Waals surface area contributed by atoms with E-state index in [9.17, 15) is 4.79 Å². The molecule has 0 heterocycles. The van der Waals surface area contributed by atoms with Crippen LogP contribution in [0.5, 0.6) is 11.5 Å². The normalized spacial score (nSPS) is 10.4. The van der Waals surface area contributed by atoms with E-state index in [2.05, 4.69) is 19.2 Å². The highest BCUT2D eigenvalue weighted by molar-refractivity contribution is 6.06.